The fourth-order valence-corrected chi connectivity index (χ4v) is 2.80. The van der Waals surface area contributed by atoms with Gasteiger partial charge in [0.2, 0.25) is 17.8 Å². The second-order valence-electron chi connectivity index (χ2n) is 6.64. The van der Waals surface area contributed by atoms with Gasteiger partial charge in [0.05, 0.1) is 5.56 Å². The maximum Gasteiger partial charge on any atom is 0.416 e. The zero-order valence-corrected chi connectivity index (χ0v) is 14.6. The van der Waals surface area contributed by atoms with Crippen LogP contribution in [0.4, 0.5) is 36.7 Å². The molecule has 2 aromatic rings. The number of alkyl halides is 3. The van der Waals surface area contributed by atoms with E-state index in [0.29, 0.717) is 17.9 Å². The quantitative estimate of drug-likeness (QED) is 0.737. The van der Waals surface area contributed by atoms with Crippen molar-refractivity contribution in [2.75, 3.05) is 41.7 Å². The molecule has 0 atom stereocenters. The molecule has 10 heteroatoms. The van der Waals surface area contributed by atoms with Gasteiger partial charge in [0, 0.05) is 37.9 Å². The summed E-state index contributed by atoms with van der Waals surface area (Å²) in [7, 11) is 0. The number of rotatable bonds is 5. The van der Waals surface area contributed by atoms with Gasteiger partial charge in [0.1, 0.15) is 0 Å². The molecule has 1 aliphatic heterocycles. The zero-order chi connectivity index (χ0) is 18.9. The zero-order valence-electron chi connectivity index (χ0n) is 14.6. The smallest absolute Gasteiger partial charge is 0.351 e. The first kappa shape index (κ1) is 17.8. The van der Waals surface area contributed by atoms with Gasteiger partial charge < -0.3 is 20.9 Å². The molecule has 0 unspecified atom stereocenters. The molecule has 7 nitrogen and oxygen atoms in total. The van der Waals surface area contributed by atoms with Gasteiger partial charge in [0.15, 0.2) is 0 Å². The van der Waals surface area contributed by atoms with Crippen LogP contribution in [-0.4, -0.2) is 47.2 Å². The molecule has 27 heavy (non-hydrogen) atoms. The van der Waals surface area contributed by atoms with E-state index in [4.69, 9.17) is 0 Å². The van der Waals surface area contributed by atoms with E-state index >= 15 is 0 Å². The summed E-state index contributed by atoms with van der Waals surface area (Å²) in [5.74, 6) is 1.18. The minimum absolute atomic E-state index is 0.223. The van der Waals surface area contributed by atoms with Crippen LogP contribution in [0.3, 0.4) is 0 Å². The van der Waals surface area contributed by atoms with E-state index in [1.165, 1.54) is 6.07 Å². The Kier molecular flexibility index (Phi) is 4.73. The third-order valence-corrected chi connectivity index (χ3v) is 4.38. The highest BCUT2D eigenvalue weighted by Crippen LogP contribution is 2.31. The van der Waals surface area contributed by atoms with E-state index in [2.05, 4.69) is 30.9 Å². The van der Waals surface area contributed by atoms with Crippen molar-refractivity contribution in [2.45, 2.75) is 25.1 Å². The van der Waals surface area contributed by atoms with Gasteiger partial charge in [-0.3, -0.25) is 0 Å². The fraction of sp³-hybridized carbons (Fsp3) is 0.471. The first-order valence-corrected chi connectivity index (χ1v) is 8.90. The molecule has 0 amide bonds. The maximum absolute atomic E-state index is 12.9. The van der Waals surface area contributed by atoms with Crippen molar-refractivity contribution in [3.05, 3.63) is 29.8 Å². The van der Waals surface area contributed by atoms with Crippen molar-refractivity contribution in [3.63, 3.8) is 0 Å². The molecule has 1 aromatic carbocycles. The van der Waals surface area contributed by atoms with Gasteiger partial charge in [-0.05, 0) is 31.0 Å². The molecular weight excluding hydrogens is 359 g/mol. The summed E-state index contributed by atoms with van der Waals surface area (Å²) in [4.78, 5) is 15.3. The Balaban J connectivity index is 1.60. The monoisotopic (exact) mass is 379 g/mol. The summed E-state index contributed by atoms with van der Waals surface area (Å²) < 4.78 is 38.8. The Bertz CT molecular complexity index is 801. The molecule has 1 saturated heterocycles. The Labute approximate surface area is 154 Å². The topological polar surface area (TPSA) is 78.0 Å². The minimum Gasteiger partial charge on any atom is -0.351 e. The van der Waals surface area contributed by atoms with Gasteiger partial charge in [-0.2, -0.15) is 28.1 Å². The summed E-state index contributed by atoms with van der Waals surface area (Å²) >= 11 is 0. The average molecular weight is 379 g/mol. The number of nitrogens with one attached hydrogen (secondary N) is 3. The summed E-state index contributed by atoms with van der Waals surface area (Å²) in [6.07, 6.45) is -2.28. The number of hydrogen-bond donors (Lipinski definition) is 3. The molecule has 1 aliphatic carbocycles. The molecule has 0 radical (unpaired) electrons. The second kappa shape index (κ2) is 7.18. The van der Waals surface area contributed by atoms with Crippen molar-refractivity contribution in [1.29, 1.82) is 0 Å². The molecule has 0 bridgehead atoms. The summed E-state index contributed by atoms with van der Waals surface area (Å²) in [6, 6.07) is 5.34. The SMILES string of the molecule is FC(F)(F)c1cccc(Nc2nc(NC3CC3)nc(N3CCNCC3)n2)c1. The molecule has 2 heterocycles. The van der Waals surface area contributed by atoms with E-state index in [-0.39, 0.29) is 11.6 Å². The lowest BCUT2D eigenvalue weighted by Gasteiger charge is -2.27. The van der Waals surface area contributed by atoms with Gasteiger partial charge in [-0.15, -0.1) is 0 Å². The van der Waals surface area contributed by atoms with Gasteiger partial charge >= 0.3 is 6.18 Å². The molecule has 1 saturated carbocycles. The molecule has 0 spiro atoms. The van der Waals surface area contributed by atoms with Crippen LogP contribution in [0, 0.1) is 0 Å². The number of aromatic nitrogens is 3. The van der Waals surface area contributed by atoms with Crippen LogP contribution < -0.4 is 20.9 Å². The highest BCUT2D eigenvalue weighted by Gasteiger charge is 2.30. The number of anilines is 4. The Hall–Kier alpha value is -2.62. The Morgan fingerprint density at radius 3 is 2.48 bits per heavy atom. The van der Waals surface area contributed by atoms with E-state index in [1.807, 2.05) is 4.90 Å². The number of nitrogens with zero attached hydrogens (tertiary/aromatic N) is 4. The summed E-state index contributed by atoms with van der Waals surface area (Å²) in [5.41, 5.74) is -0.445. The van der Waals surface area contributed by atoms with Crippen molar-refractivity contribution in [1.82, 2.24) is 20.3 Å². The van der Waals surface area contributed by atoms with Crippen LogP contribution in [0.1, 0.15) is 18.4 Å². The molecule has 1 aromatic heterocycles. The highest BCUT2D eigenvalue weighted by molar-refractivity contribution is 5.57. The van der Waals surface area contributed by atoms with Gasteiger partial charge in [-0.25, -0.2) is 0 Å². The highest BCUT2D eigenvalue weighted by atomic mass is 19.4. The van der Waals surface area contributed by atoms with Crippen LogP contribution in [0.5, 0.6) is 0 Å². The van der Waals surface area contributed by atoms with E-state index in [1.54, 1.807) is 6.07 Å². The molecular formula is C17H20F3N7. The minimum atomic E-state index is -4.40. The Morgan fingerprint density at radius 1 is 1.04 bits per heavy atom. The molecule has 4 rings (SSSR count). The number of hydrogen-bond acceptors (Lipinski definition) is 7. The summed E-state index contributed by atoms with van der Waals surface area (Å²) in [5, 5.41) is 9.38. The van der Waals surface area contributed by atoms with Gasteiger partial charge in [0.25, 0.3) is 0 Å². The van der Waals surface area contributed by atoms with Crippen LogP contribution in [0.15, 0.2) is 24.3 Å². The first-order chi connectivity index (χ1) is 13.0. The molecule has 144 valence electrons. The lowest BCUT2D eigenvalue weighted by atomic mass is 10.2. The second-order valence-corrected chi connectivity index (χ2v) is 6.64. The van der Waals surface area contributed by atoms with Crippen molar-refractivity contribution < 1.29 is 13.2 Å². The predicted octanol–water partition coefficient (Wildman–Crippen LogP) is 2.62. The van der Waals surface area contributed by atoms with Gasteiger partial charge in [-0.1, -0.05) is 6.07 Å². The van der Waals surface area contributed by atoms with E-state index < -0.39 is 11.7 Å². The fourth-order valence-electron chi connectivity index (χ4n) is 2.80. The Morgan fingerprint density at radius 2 is 1.78 bits per heavy atom. The molecule has 3 N–H and O–H groups in total. The molecule has 2 aliphatic rings. The number of piperazine rings is 1. The largest absolute Gasteiger partial charge is 0.416 e. The lowest BCUT2D eigenvalue weighted by molar-refractivity contribution is -0.137. The predicted molar refractivity (Wildman–Crippen MR) is 96.3 cm³/mol. The third-order valence-electron chi connectivity index (χ3n) is 4.38. The number of benzene rings is 1. The van der Waals surface area contributed by atoms with Crippen LogP contribution in [0.25, 0.3) is 0 Å². The number of halogens is 3. The first-order valence-electron chi connectivity index (χ1n) is 8.90. The van der Waals surface area contributed by atoms with Crippen molar-refractivity contribution >= 4 is 23.5 Å². The van der Waals surface area contributed by atoms with Crippen LogP contribution >= 0.6 is 0 Å². The van der Waals surface area contributed by atoms with E-state index in [0.717, 1.165) is 51.2 Å². The standard InChI is InChI=1S/C17H20F3N7/c18-17(19,20)11-2-1-3-13(10-11)23-15-24-14(22-12-4-5-12)25-16(26-15)27-8-6-21-7-9-27/h1-3,10,12,21H,4-9H2,(H2,22,23,24,25,26). The van der Waals surface area contributed by atoms with Crippen LogP contribution in [0.2, 0.25) is 0 Å². The van der Waals surface area contributed by atoms with Crippen LogP contribution in [-0.2, 0) is 6.18 Å². The summed E-state index contributed by atoms with van der Waals surface area (Å²) in [6.45, 7) is 3.17. The van der Waals surface area contributed by atoms with Crippen molar-refractivity contribution in [3.8, 4) is 0 Å². The molecule has 2 fully saturated rings. The third kappa shape index (κ3) is 4.57. The normalized spacial score (nSPS) is 17.7. The van der Waals surface area contributed by atoms with E-state index in [9.17, 15) is 13.2 Å². The average Bonchev–Trinajstić information content (AvgIpc) is 3.46. The maximum atomic E-state index is 12.9. The lowest BCUT2D eigenvalue weighted by Crippen LogP contribution is -2.44. The van der Waals surface area contributed by atoms with Crippen molar-refractivity contribution in [2.24, 2.45) is 0 Å².